The van der Waals surface area contributed by atoms with E-state index in [-0.39, 0.29) is 12.1 Å². The number of carbonyl (C=O) groups is 1. The van der Waals surface area contributed by atoms with Crippen LogP contribution in [0.4, 0.5) is 4.79 Å². The summed E-state index contributed by atoms with van der Waals surface area (Å²) in [5.41, 5.74) is 5.62. The number of unbranched alkanes of at least 4 members (excludes halogenated alkanes) is 1. The van der Waals surface area contributed by atoms with E-state index in [9.17, 15) is 4.79 Å². The number of amides is 1. The highest BCUT2D eigenvalue weighted by Gasteiger charge is 2.21. The molecule has 0 unspecified atom stereocenters. The van der Waals surface area contributed by atoms with Gasteiger partial charge in [-0.15, -0.1) is 0 Å². The number of nitrogens with two attached hydrogens (primary N) is 1. The van der Waals surface area contributed by atoms with Crippen molar-refractivity contribution in [2.75, 3.05) is 13.2 Å². The van der Waals surface area contributed by atoms with Crippen LogP contribution in [0.1, 0.15) is 45.4 Å². The fraction of sp³-hybridized carbons (Fsp3) is 0.917. The Labute approximate surface area is 97.9 Å². The van der Waals surface area contributed by atoms with E-state index >= 15 is 0 Å². The zero-order valence-electron chi connectivity index (χ0n) is 10.2. The van der Waals surface area contributed by atoms with Crippen LogP contribution in [0.5, 0.6) is 0 Å². The molecule has 1 aliphatic carbocycles. The second-order valence-electron chi connectivity index (χ2n) is 4.59. The van der Waals surface area contributed by atoms with Gasteiger partial charge in [0.2, 0.25) is 0 Å². The molecule has 0 aromatic heterocycles. The van der Waals surface area contributed by atoms with Gasteiger partial charge in [-0.1, -0.05) is 13.3 Å². The maximum atomic E-state index is 11.4. The second-order valence-corrected chi connectivity index (χ2v) is 4.59. The fourth-order valence-electron chi connectivity index (χ4n) is 2.06. The third kappa shape index (κ3) is 4.84. The summed E-state index contributed by atoms with van der Waals surface area (Å²) < 4.78 is 5.06. The maximum Gasteiger partial charge on any atom is 0.407 e. The van der Waals surface area contributed by atoms with Crippen molar-refractivity contribution in [3.8, 4) is 0 Å². The van der Waals surface area contributed by atoms with E-state index < -0.39 is 0 Å². The molecule has 1 amide bonds. The quantitative estimate of drug-likeness (QED) is 0.708. The lowest BCUT2D eigenvalue weighted by Gasteiger charge is -2.27. The summed E-state index contributed by atoms with van der Waals surface area (Å²) in [4.78, 5) is 11.4. The molecule has 0 bridgehead atoms. The van der Waals surface area contributed by atoms with Crippen molar-refractivity contribution < 1.29 is 9.53 Å². The van der Waals surface area contributed by atoms with Crippen LogP contribution in [0.3, 0.4) is 0 Å². The Hall–Kier alpha value is -0.770. The highest BCUT2D eigenvalue weighted by Crippen LogP contribution is 2.23. The standard InChI is InChI=1S/C12H24N2O2/c1-2-3-8-16-12(15)14-11-6-4-10(9-13)5-7-11/h10-11H,2-9,13H2,1H3,(H,14,15). The Kier molecular flexibility index (Phi) is 6.23. The molecule has 0 radical (unpaired) electrons. The first-order chi connectivity index (χ1) is 7.76. The zero-order chi connectivity index (χ0) is 11.8. The monoisotopic (exact) mass is 228 g/mol. The molecule has 1 aliphatic rings. The highest BCUT2D eigenvalue weighted by atomic mass is 16.5. The summed E-state index contributed by atoms with van der Waals surface area (Å²) in [5.74, 6) is 0.647. The predicted octanol–water partition coefficient (Wildman–Crippen LogP) is 2.03. The number of alkyl carbamates (subject to hydrolysis) is 1. The van der Waals surface area contributed by atoms with Gasteiger partial charge in [0.25, 0.3) is 0 Å². The van der Waals surface area contributed by atoms with Gasteiger partial charge < -0.3 is 15.8 Å². The molecule has 0 heterocycles. The minimum Gasteiger partial charge on any atom is -0.450 e. The molecule has 4 heteroatoms. The minimum atomic E-state index is -0.260. The van der Waals surface area contributed by atoms with Gasteiger partial charge in [0.15, 0.2) is 0 Å². The van der Waals surface area contributed by atoms with Crippen molar-refractivity contribution in [1.82, 2.24) is 5.32 Å². The molecule has 0 atom stereocenters. The minimum absolute atomic E-state index is 0.260. The van der Waals surface area contributed by atoms with Gasteiger partial charge in [-0.25, -0.2) is 4.79 Å². The topological polar surface area (TPSA) is 64.3 Å². The molecule has 0 aromatic rings. The van der Waals surface area contributed by atoms with Crippen molar-refractivity contribution in [3.05, 3.63) is 0 Å². The first-order valence-corrected chi connectivity index (χ1v) is 6.39. The predicted molar refractivity (Wildman–Crippen MR) is 64.2 cm³/mol. The summed E-state index contributed by atoms with van der Waals surface area (Å²) in [6.45, 7) is 3.38. The van der Waals surface area contributed by atoms with Crippen LogP contribution in [-0.2, 0) is 4.74 Å². The summed E-state index contributed by atoms with van der Waals surface area (Å²) >= 11 is 0. The third-order valence-electron chi connectivity index (χ3n) is 3.23. The van der Waals surface area contributed by atoms with E-state index in [2.05, 4.69) is 12.2 Å². The number of nitrogens with one attached hydrogen (secondary N) is 1. The Balaban J connectivity index is 2.10. The molecule has 0 aromatic carbocycles. The largest absolute Gasteiger partial charge is 0.450 e. The number of carbonyl (C=O) groups excluding carboxylic acids is 1. The van der Waals surface area contributed by atoms with Crippen LogP contribution in [0, 0.1) is 5.92 Å². The third-order valence-corrected chi connectivity index (χ3v) is 3.23. The van der Waals surface area contributed by atoms with E-state index in [1.165, 1.54) is 0 Å². The lowest BCUT2D eigenvalue weighted by molar-refractivity contribution is 0.136. The molecule has 4 nitrogen and oxygen atoms in total. The van der Waals surface area contributed by atoms with Crippen LogP contribution in [0.15, 0.2) is 0 Å². The van der Waals surface area contributed by atoms with Crippen molar-refractivity contribution in [3.63, 3.8) is 0 Å². The SMILES string of the molecule is CCCCOC(=O)NC1CCC(CN)CC1. The zero-order valence-corrected chi connectivity index (χ0v) is 10.2. The van der Waals surface area contributed by atoms with E-state index in [1.54, 1.807) is 0 Å². The van der Waals surface area contributed by atoms with Crippen molar-refractivity contribution in [2.45, 2.75) is 51.5 Å². The van der Waals surface area contributed by atoms with E-state index in [1.807, 2.05) is 0 Å². The van der Waals surface area contributed by atoms with Crippen molar-refractivity contribution in [1.29, 1.82) is 0 Å². The van der Waals surface area contributed by atoms with Gasteiger partial charge in [0.1, 0.15) is 0 Å². The van der Waals surface area contributed by atoms with Crippen LogP contribution in [0.25, 0.3) is 0 Å². The van der Waals surface area contributed by atoms with Gasteiger partial charge in [-0.3, -0.25) is 0 Å². The molecule has 1 fully saturated rings. The first-order valence-electron chi connectivity index (χ1n) is 6.39. The molecular weight excluding hydrogens is 204 g/mol. The molecule has 16 heavy (non-hydrogen) atoms. The molecule has 3 N–H and O–H groups in total. The Morgan fingerprint density at radius 2 is 2.06 bits per heavy atom. The molecule has 0 aliphatic heterocycles. The number of rotatable bonds is 5. The number of hydrogen-bond donors (Lipinski definition) is 2. The maximum absolute atomic E-state index is 11.4. The van der Waals surface area contributed by atoms with Gasteiger partial charge >= 0.3 is 6.09 Å². The van der Waals surface area contributed by atoms with E-state index in [0.717, 1.165) is 45.1 Å². The van der Waals surface area contributed by atoms with Gasteiger partial charge in [-0.05, 0) is 44.6 Å². The second kappa shape index (κ2) is 7.49. The molecular formula is C12H24N2O2. The van der Waals surface area contributed by atoms with Gasteiger partial charge in [-0.2, -0.15) is 0 Å². The Morgan fingerprint density at radius 1 is 1.38 bits per heavy atom. The van der Waals surface area contributed by atoms with Crippen LogP contribution < -0.4 is 11.1 Å². The molecule has 1 saturated carbocycles. The smallest absolute Gasteiger partial charge is 0.407 e. The van der Waals surface area contributed by atoms with Crippen LogP contribution in [0.2, 0.25) is 0 Å². The molecule has 0 spiro atoms. The summed E-state index contributed by atoms with van der Waals surface area (Å²) in [5, 5.41) is 2.92. The average molecular weight is 228 g/mol. The van der Waals surface area contributed by atoms with E-state index in [0.29, 0.717) is 12.5 Å². The van der Waals surface area contributed by atoms with Gasteiger partial charge in [0, 0.05) is 6.04 Å². The van der Waals surface area contributed by atoms with Crippen molar-refractivity contribution >= 4 is 6.09 Å². The number of hydrogen-bond acceptors (Lipinski definition) is 3. The van der Waals surface area contributed by atoms with Gasteiger partial charge in [0.05, 0.1) is 6.61 Å². The summed E-state index contributed by atoms with van der Waals surface area (Å²) in [7, 11) is 0. The molecule has 0 saturated heterocycles. The number of ether oxygens (including phenoxy) is 1. The van der Waals surface area contributed by atoms with Crippen LogP contribution in [-0.4, -0.2) is 25.3 Å². The summed E-state index contributed by atoms with van der Waals surface area (Å²) in [6, 6.07) is 0.289. The lowest BCUT2D eigenvalue weighted by atomic mass is 9.86. The van der Waals surface area contributed by atoms with Crippen LogP contribution >= 0.6 is 0 Å². The van der Waals surface area contributed by atoms with E-state index in [4.69, 9.17) is 10.5 Å². The molecule has 1 rings (SSSR count). The Morgan fingerprint density at radius 3 is 2.62 bits per heavy atom. The first kappa shape index (κ1) is 13.3. The normalized spacial score (nSPS) is 25.1. The lowest BCUT2D eigenvalue weighted by Crippen LogP contribution is -2.39. The molecule has 94 valence electrons. The Bertz CT molecular complexity index is 201. The average Bonchev–Trinajstić information content (AvgIpc) is 2.30. The fourth-order valence-corrected chi connectivity index (χ4v) is 2.06. The summed E-state index contributed by atoms with van der Waals surface area (Å²) in [6.07, 6.45) is 6.04. The van der Waals surface area contributed by atoms with Crippen molar-refractivity contribution in [2.24, 2.45) is 11.7 Å². The highest BCUT2D eigenvalue weighted by molar-refractivity contribution is 5.67.